The number of methoxy groups -OCH3 is 2. The molecule has 1 aliphatic carbocycles. The van der Waals surface area contributed by atoms with Crippen molar-refractivity contribution in [3.8, 4) is 11.5 Å². The van der Waals surface area contributed by atoms with Crippen LogP contribution in [0.2, 0.25) is 0 Å². The highest BCUT2D eigenvalue weighted by Crippen LogP contribution is 2.29. The SMILES string of the molecule is COc1ccc(NC(=O)Cn2nc3c(cc2=O)C[C@H](C)CC3)c(OC)c1. The summed E-state index contributed by atoms with van der Waals surface area (Å²) in [5.41, 5.74) is 2.17. The molecule has 0 unspecified atom stereocenters. The van der Waals surface area contributed by atoms with Crippen molar-refractivity contribution in [3.05, 3.63) is 45.9 Å². The Kier molecular flexibility index (Phi) is 5.25. The van der Waals surface area contributed by atoms with E-state index in [1.165, 1.54) is 11.8 Å². The quantitative estimate of drug-likeness (QED) is 0.885. The van der Waals surface area contributed by atoms with Gasteiger partial charge in [-0.25, -0.2) is 4.68 Å². The molecule has 0 radical (unpaired) electrons. The van der Waals surface area contributed by atoms with Gasteiger partial charge in [-0.05, 0) is 42.9 Å². The lowest BCUT2D eigenvalue weighted by Crippen LogP contribution is -2.32. The van der Waals surface area contributed by atoms with Crippen LogP contribution in [0.3, 0.4) is 0 Å². The number of fused-ring (bicyclic) bond motifs is 1. The van der Waals surface area contributed by atoms with Gasteiger partial charge in [-0.2, -0.15) is 5.10 Å². The van der Waals surface area contributed by atoms with E-state index in [1.54, 1.807) is 31.4 Å². The zero-order chi connectivity index (χ0) is 18.7. The Morgan fingerprint density at radius 3 is 2.85 bits per heavy atom. The number of benzene rings is 1. The average molecular weight is 357 g/mol. The van der Waals surface area contributed by atoms with Crippen LogP contribution in [-0.4, -0.2) is 29.9 Å². The first kappa shape index (κ1) is 18.0. The third-order valence-electron chi connectivity index (χ3n) is 4.58. The number of ether oxygens (including phenoxy) is 2. The summed E-state index contributed by atoms with van der Waals surface area (Å²) in [6, 6.07) is 6.71. The van der Waals surface area contributed by atoms with E-state index >= 15 is 0 Å². The Bertz CT molecular complexity index is 876. The number of rotatable bonds is 5. The van der Waals surface area contributed by atoms with Crippen LogP contribution in [0.1, 0.15) is 24.6 Å². The van der Waals surface area contributed by atoms with Crippen molar-refractivity contribution in [3.63, 3.8) is 0 Å². The van der Waals surface area contributed by atoms with Gasteiger partial charge < -0.3 is 14.8 Å². The Labute approximate surface area is 151 Å². The summed E-state index contributed by atoms with van der Waals surface area (Å²) in [7, 11) is 3.07. The first-order valence-electron chi connectivity index (χ1n) is 8.62. The summed E-state index contributed by atoms with van der Waals surface area (Å²) in [5, 5.41) is 7.15. The van der Waals surface area contributed by atoms with Crippen LogP contribution < -0.4 is 20.3 Å². The number of amides is 1. The molecule has 0 saturated heterocycles. The molecule has 0 aliphatic heterocycles. The van der Waals surface area contributed by atoms with E-state index in [0.717, 1.165) is 30.5 Å². The average Bonchev–Trinajstić information content (AvgIpc) is 2.62. The molecule has 1 amide bonds. The van der Waals surface area contributed by atoms with E-state index in [4.69, 9.17) is 9.47 Å². The third-order valence-corrected chi connectivity index (χ3v) is 4.58. The summed E-state index contributed by atoms with van der Waals surface area (Å²) < 4.78 is 11.6. The summed E-state index contributed by atoms with van der Waals surface area (Å²) >= 11 is 0. The number of nitrogens with zero attached hydrogens (tertiary/aromatic N) is 2. The van der Waals surface area contributed by atoms with E-state index in [2.05, 4.69) is 17.3 Å². The first-order valence-corrected chi connectivity index (χ1v) is 8.62. The molecule has 0 saturated carbocycles. The maximum absolute atomic E-state index is 12.4. The highest BCUT2D eigenvalue weighted by molar-refractivity contribution is 5.92. The Morgan fingerprint density at radius 2 is 2.12 bits per heavy atom. The number of carbonyl (C=O) groups excluding carboxylic acids is 1. The highest BCUT2D eigenvalue weighted by atomic mass is 16.5. The molecule has 0 bridgehead atoms. The number of hydrogen-bond donors (Lipinski definition) is 1. The van der Waals surface area contributed by atoms with Gasteiger partial charge >= 0.3 is 0 Å². The monoisotopic (exact) mass is 357 g/mol. The normalized spacial score (nSPS) is 15.9. The molecule has 1 aliphatic rings. The standard InChI is InChI=1S/C19H23N3O4/c1-12-4-6-15-13(8-12)9-19(24)22(21-15)11-18(23)20-16-7-5-14(25-2)10-17(16)26-3/h5,7,9-10,12H,4,6,8,11H2,1-3H3,(H,20,23)/t12-/m1/s1. The number of hydrogen-bond acceptors (Lipinski definition) is 5. The predicted molar refractivity (Wildman–Crippen MR) is 97.9 cm³/mol. The van der Waals surface area contributed by atoms with E-state index in [1.807, 2.05) is 0 Å². The third kappa shape index (κ3) is 3.87. The molecule has 138 valence electrons. The van der Waals surface area contributed by atoms with Crippen molar-refractivity contribution in [2.75, 3.05) is 19.5 Å². The zero-order valence-corrected chi connectivity index (χ0v) is 15.2. The fraction of sp³-hybridized carbons (Fsp3) is 0.421. The van der Waals surface area contributed by atoms with E-state index in [-0.39, 0.29) is 18.0 Å². The molecule has 1 heterocycles. The van der Waals surface area contributed by atoms with Crippen molar-refractivity contribution < 1.29 is 14.3 Å². The van der Waals surface area contributed by atoms with Gasteiger partial charge in [0.1, 0.15) is 18.0 Å². The van der Waals surface area contributed by atoms with Crippen molar-refractivity contribution >= 4 is 11.6 Å². The molecule has 26 heavy (non-hydrogen) atoms. The van der Waals surface area contributed by atoms with Crippen LogP contribution in [-0.2, 0) is 24.2 Å². The van der Waals surface area contributed by atoms with Crippen molar-refractivity contribution in [1.29, 1.82) is 0 Å². The minimum absolute atomic E-state index is 0.142. The van der Waals surface area contributed by atoms with Gasteiger partial charge in [-0.3, -0.25) is 9.59 Å². The van der Waals surface area contributed by atoms with Crippen LogP contribution in [0.15, 0.2) is 29.1 Å². The van der Waals surface area contributed by atoms with Gasteiger partial charge in [0.2, 0.25) is 5.91 Å². The van der Waals surface area contributed by atoms with Gasteiger partial charge in [0, 0.05) is 12.1 Å². The van der Waals surface area contributed by atoms with Gasteiger partial charge in [-0.15, -0.1) is 0 Å². The lowest BCUT2D eigenvalue weighted by molar-refractivity contribution is -0.117. The minimum Gasteiger partial charge on any atom is -0.497 e. The fourth-order valence-electron chi connectivity index (χ4n) is 3.15. The smallest absolute Gasteiger partial charge is 0.267 e. The molecule has 7 heteroatoms. The number of aromatic nitrogens is 2. The van der Waals surface area contributed by atoms with E-state index < -0.39 is 0 Å². The summed E-state index contributed by atoms with van der Waals surface area (Å²) in [5.74, 6) is 1.33. The summed E-state index contributed by atoms with van der Waals surface area (Å²) in [6.45, 7) is 2.03. The molecule has 2 aromatic rings. The molecule has 0 fully saturated rings. The molecule has 1 atom stereocenters. The van der Waals surface area contributed by atoms with Crippen LogP contribution in [0.5, 0.6) is 11.5 Å². The van der Waals surface area contributed by atoms with Crippen LogP contribution >= 0.6 is 0 Å². The van der Waals surface area contributed by atoms with Gasteiger partial charge in [-0.1, -0.05) is 6.92 Å². The number of carbonyl (C=O) groups is 1. The fourth-order valence-corrected chi connectivity index (χ4v) is 3.15. The lowest BCUT2D eigenvalue weighted by atomic mass is 9.88. The number of nitrogens with one attached hydrogen (secondary N) is 1. The molecule has 1 aromatic heterocycles. The van der Waals surface area contributed by atoms with Gasteiger partial charge in [0.15, 0.2) is 0 Å². The van der Waals surface area contributed by atoms with Crippen molar-refractivity contribution in [1.82, 2.24) is 9.78 Å². The zero-order valence-electron chi connectivity index (χ0n) is 15.2. The maximum Gasteiger partial charge on any atom is 0.267 e. The largest absolute Gasteiger partial charge is 0.497 e. The maximum atomic E-state index is 12.4. The summed E-state index contributed by atoms with van der Waals surface area (Å²) in [6.07, 6.45) is 2.76. The van der Waals surface area contributed by atoms with Crippen LogP contribution in [0.4, 0.5) is 5.69 Å². The second kappa shape index (κ2) is 7.59. The molecule has 7 nitrogen and oxygen atoms in total. The Hall–Kier alpha value is -2.83. The van der Waals surface area contributed by atoms with Crippen LogP contribution in [0, 0.1) is 5.92 Å². The Morgan fingerprint density at radius 1 is 1.31 bits per heavy atom. The summed E-state index contributed by atoms with van der Waals surface area (Å²) in [4.78, 5) is 24.7. The molecule has 0 spiro atoms. The molecular weight excluding hydrogens is 334 g/mol. The second-order valence-corrected chi connectivity index (χ2v) is 6.57. The highest BCUT2D eigenvalue weighted by Gasteiger charge is 2.19. The molecular formula is C19H23N3O4. The number of aryl methyl sites for hydroxylation is 1. The molecule has 1 aromatic carbocycles. The van der Waals surface area contributed by atoms with Crippen LogP contribution in [0.25, 0.3) is 0 Å². The first-order chi connectivity index (χ1) is 12.5. The van der Waals surface area contributed by atoms with Gasteiger partial charge in [0.25, 0.3) is 5.56 Å². The van der Waals surface area contributed by atoms with E-state index in [0.29, 0.717) is 23.1 Å². The predicted octanol–water partition coefficient (Wildman–Crippen LogP) is 2.02. The minimum atomic E-state index is -0.341. The lowest BCUT2D eigenvalue weighted by Gasteiger charge is -2.20. The topological polar surface area (TPSA) is 82.5 Å². The van der Waals surface area contributed by atoms with E-state index in [9.17, 15) is 9.59 Å². The van der Waals surface area contributed by atoms with Crippen molar-refractivity contribution in [2.24, 2.45) is 5.92 Å². The molecule has 1 N–H and O–H groups in total. The Balaban J connectivity index is 1.76. The number of anilines is 1. The molecule has 3 rings (SSSR count). The van der Waals surface area contributed by atoms with Gasteiger partial charge in [0.05, 0.1) is 25.6 Å². The van der Waals surface area contributed by atoms with Crippen molar-refractivity contribution in [2.45, 2.75) is 32.7 Å². The second-order valence-electron chi connectivity index (χ2n) is 6.57.